The van der Waals surface area contributed by atoms with Crippen LogP contribution in [0.4, 0.5) is 5.82 Å². The molecule has 146 valence electrons. The molecule has 8 heteroatoms. The topological polar surface area (TPSA) is 112 Å². The van der Waals surface area contributed by atoms with Gasteiger partial charge in [0.2, 0.25) is 0 Å². The maximum Gasteiger partial charge on any atom is 0.254 e. The number of aromatic nitrogens is 5. The van der Waals surface area contributed by atoms with Gasteiger partial charge in [-0.3, -0.25) is 9.48 Å². The summed E-state index contributed by atoms with van der Waals surface area (Å²) in [6, 6.07) is 5.72. The van der Waals surface area contributed by atoms with E-state index in [1.165, 1.54) is 0 Å². The predicted octanol–water partition coefficient (Wildman–Crippen LogP) is 2.40. The minimum Gasteiger partial charge on any atom is -0.383 e. The van der Waals surface area contributed by atoms with Gasteiger partial charge in [-0.1, -0.05) is 0 Å². The highest BCUT2D eigenvalue weighted by molar-refractivity contribution is 5.95. The molecule has 1 amide bonds. The summed E-state index contributed by atoms with van der Waals surface area (Å²) in [5.74, 6) is 0.969. The van der Waals surface area contributed by atoms with Gasteiger partial charge in [0.15, 0.2) is 0 Å². The number of carbonyl (C=O) groups is 1. The average molecular weight is 387 g/mol. The van der Waals surface area contributed by atoms with Gasteiger partial charge in [-0.2, -0.15) is 5.10 Å². The summed E-state index contributed by atoms with van der Waals surface area (Å²) in [4.78, 5) is 25.1. The van der Waals surface area contributed by atoms with Crippen LogP contribution >= 0.6 is 0 Å². The van der Waals surface area contributed by atoms with Crippen molar-refractivity contribution >= 4 is 22.5 Å². The Hall–Kier alpha value is -3.81. The number of aryl methyl sites for hydroxylation is 2. The van der Waals surface area contributed by atoms with E-state index in [9.17, 15) is 4.79 Å². The van der Waals surface area contributed by atoms with E-state index < -0.39 is 0 Å². The number of nitrogens with one attached hydrogen (secondary N) is 1. The van der Waals surface area contributed by atoms with Crippen molar-refractivity contribution in [2.75, 3.05) is 5.73 Å². The second-order valence-electron chi connectivity index (χ2n) is 6.86. The van der Waals surface area contributed by atoms with Gasteiger partial charge >= 0.3 is 0 Å². The zero-order valence-corrected chi connectivity index (χ0v) is 16.3. The largest absolute Gasteiger partial charge is 0.383 e. The Bertz CT molecular complexity index is 1180. The first-order chi connectivity index (χ1) is 14.0. The summed E-state index contributed by atoms with van der Waals surface area (Å²) in [5, 5.41) is 9.19. The third kappa shape index (κ3) is 3.77. The molecular formula is C21H21N7O. The molecule has 1 aromatic carbocycles. The quantitative estimate of drug-likeness (QED) is 0.544. The SMILES string of the molecule is Cc1cc2c(N)nccc2c(C)c1CNC(=O)c1cnn(Cc2ncccn2)c1. The Labute approximate surface area is 167 Å². The van der Waals surface area contributed by atoms with Crippen LogP contribution in [0.25, 0.3) is 10.8 Å². The fourth-order valence-corrected chi connectivity index (χ4v) is 3.40. The fraction of sp³-hybridized carbons (Fsp3) is 0.190. The number of hydrogen-bond donors (Lipinski definition) is 2. The van der Waals surface area contributed by atoms with Crippen molar-refractivity contribution in [3.63, 3.8) is 0 Å². The molecule has 0 aliphatic carbocycles. The van der Waals surface area contributed by atoms with Crippen molar-refractivity contribution < 1.29 is 4.79 Å². The summed E-state index contributed by atoms with van der Waals surface area (Å²) in [6.07, 6.45) is 8.30. The molecule has 4 aromatic rings. The second kappa shape index (κ2) is 7.67. The minimum absolute atomic E-state index is 0.182. The summed E-state index contributed by atoms with van der Waals surface area (Å²) >= 11 is 0. The Morgan fingerprint density at radius 2 is 1.93 bits per heavy atom. The van der Waals surface area contributed by atoms with E-state index in [1.54, 1.807) is 41.7 Å². The van der Waals surface area contributed by atoms with Crippen molar-refractivity contribution in [2.45, 2.75) is 26.9 Å². The first-order valence-corrected chi connectivity index (χ1v) is 9.22. The van der Waals surface area contributed by atoms with Crippen LogP contribution in [0.1, 0.15) is 32.9 Å². The molecule has 3 heterocycles. The molecule has 0 saturated carbocycles. The molecule has 0 bridgehead atoms. The van der Waals surface area contributed by atoms with Crippen LogP contribution in [-0.2, 0) is 13.1 Å². The number of nitrogens with zero attached hydrogens (tertiary/aromatic N) is 5. The molecule has 0 aliphatic rings. The van der Waals surface area contributed by atoms with Gasteiger partial charge in [0.25, 0.3) is 5.91 Å². The van der Waals surface area contributed by atoms with Crippen molar-refractivity contribution in [1.29, 1.82) is 0 Å². The third-order valence-corrected chi connectivity index (χ3v) is 4.96. The van der Waals surface area contributed by atoms with Crippen LogP contribution in [0.5, 0.6) is 0 Å². The standard InChI is InChI=1S/C21H21N7O/c1-13-8-17-16(4-7-25-20(17)22)14(2)18(13)10-26-21(29)15-9-27-28(11-15)12-19-23-5-3-6-24-19/h3-9,11H,10,12H2,1-2H3,(H2,22,25)(H,26,29). The molecular weight excluding hydrogens is 366 g/mol. The highest BCUT2D eigenvalue weighted by Crippen LogP contribution is 2.27. The van der Waals surface area contributed by atoms with Crippen LogP contribution in [0.15, 0.2) is 49.2 Å². The maximum absolute atomic E-state index is 12.6. The monoisotopic (exact) mass is 387 g/mol. The number of rotatable bonds is 5. The number of nitrogen functional groups attached to an aromatic ring is 1. The van der Waals surface area contributed by atoms with Gasteiger partial charge < -0.3 is 11.1 Å². The lowest BCUT2D eigenvalue weighted by atomic mass is 9.96. The first-order valence-electron chi connectivity index (χ1n) is 9.22. The van der Waals surface area contributed by atoms with E-state index in [0.29, 0.717) is 30.3 Å². The Morgan fingerprint density at radius 3 is 2.72 bits per heavy atom. The molecule has 4 rings (SSSR count). The van der Waals surface area contributed by atoms with Crippen molar-refractivity contribution in [3.05, 3.63) is 77.3 Å². The molecule has 0 atom stereocenters. The van der Waals surface area contributed by atoms with Gasteiger partial charge in [-0.05, 0) is 54.1 Å². The number of pyridine rings is 1. The number of anilines is 1. The highest BCUT2D eigenvalue weighted by Gasteiger charge is 2.13. The molecule has 0 radical (unpaired) electrons. The fourth-order valence-electron chi connectivity index (χ4n) is 3.40. The van der Waals surface area contributed by atoms with Crippen molar-refractivity contribution in [1.82, 2.24) is 30.0 Å². The van der Waals surface area contributed by atoms with Gasteiger partial charge in [-0.15, -0.1) is 0 Å². The zero-order valence-electron chi connectivity index (χ0n) is 16.3. The first kappa shape index (κ1) is 18.5. The molecule has 3 N–H and O–H groups in total. The predicted molar refractivity (Wildman–Crippen MR) is 110 cm³/mol. The molecule has 0 aliphatic heterocycles. The van der Waals surface area contributed by atoms with E-state index in [1.807, 2.05) is 26.0 Å². The Morgan fingerprint density at radius 1 is 1.14 bits per heavy atom. The van der Waals surface area contributed by atoms with E-state index in [0.717, 1.165) is 27.5 Å². The maximum atomic E-state index is 12.6. The molecule has 0 spiro atoms. The Balaban J connectivity index is 1.49. The number of hydrogen-bond acceptors (Lipinski definition) is 6. The second-order valence-corrected chi connectivity index (χ2v) is 6.86. The molecule has 3 aromatic heterocycles. The van der Waals surface area contributed by atoms with E-state index in [4.69, 9.17) is 5.73 Å². The molecule has 0 unspecified atom stereocenters. The number of amides is 1. The molecule has 8 nitrogen and oxygen atoms in total. The zero-order chi connectivity index (χ0) is 20.4. The van der Waals surface area contributed by atoms with E-state index >= 15 is 0 Å². The van der Waals surface area contributed by atoms with Crippen LogP contribution < -0.4 is 11.1 Å². The van der Waals surface area contributed by atoms with Crippen molar-refractivity contribution in [2.24, 2.45) is 0 Å². The van der Waals surface area contributed by atoms with Crippen LogP contribution in [0, 0.1) is 13.8 Å². The van der Waals surface area contributed by atoms with Crippen LogP contribution in [0.2, 0.25) is 0 Å². The lowest BCUT2D eigenvalue weighted by Crippen LogP contribution is -2.23. The summed E-state index contributed by atoms with van der Waals surface area (Å²) in [7, 11) is 0. The number of fused-ring (bicyclic) bond motifs is 1. The number of carbonyl (C=O) groups excluding carboxylic acids is 1. The molecule has 0 saturated heterocycles. The van der Waals surface area contributed by atoms with Gasteiger partial charge in [0, 0.05) is 36.7 Å². The smallest absolute Gasteiger partial charge is 0.254 e. The lowest BCUT2D eigenvalue weighted by Gasteiger charge is -2.14. The van der Waals surface area contributed by atoms with Crippen LogP contribution in [0.3, 0.4) is 0 Å². The van der Waals surface area contributed by atoms with Crippen LogP contribution in [-0.4, -0.2) is 30.6 Å². The van der Waals surface area contributed by atoms with Gasteiger partial charge in [-0.25, -0.2) is 15.0 Å². The third-order valence-electron chi connectivity index (χ3n) is 4.96. The Kier molecular flexibility index (Phi) is 4.90. The summed E-state index contributed by atoms with van der Waals surface area (Å²) in [5.41, 5.74) is 9.71. The number of benzene rings is 1. The summed E-state index contributed by atoms with van der Waals surface area (Å²) in [6.45, 7) is 4.88. The van der Waals surface area contributed by atoms with Gasteiger partial charge in [0.05, 0.1) is 11.8 Å². The lowest BCUT2D eigenvalue weighted by molar-refractivity contribution is 0.0950. The molecule has 29 heavy (non-hydrogen) atoms. The van der Waals surface area contributed by atoms with Crippen molar-refractivity contribution in [3.8, 4) is 0 Å². The molecule has 0 fully saturated rings. The number of nitrogens with two attached hydrogens (primary N) is 1. The summed E-state index contributed by atoms with van der Waals surface area (Å²) < 4.78 is 1.65. The van der Waals surface area contributed by atoms with E-state index in [2.05, 4.69) is 25.4 Å². The highest BCUT2D eigenvalue weighted by atomic mass is 16.1. The van der Waals surface area contributed by atoms with Gasteiger partial charge in [0.1, 0.15) is 18.2 Å². The normalized spacial score (nSPS) is 11.0. The minimum atomic E-state index is -0.182. The average Bonchev–Trinajstić information content (AvgIpc) is 3.18. The van der Waals surface area contributed by atoms with E-state index in [-0.39, 0.29) is 5.91 Å².